The summed E-state index contributed by atoms with van der Waals surface area (Å²) in [5.74, 6) is 1.65. The second kappa shape index (κ2) is 6.44. The van der Waals surface area contributed by atoms with Crippen LogP contribution in [0.3, 0.4) is 0 Å². The monoisotopic (exact) mass is 302 g/mol. The molecule has 1 aromatic carbocycles. The first-order valence-electron chi connectivity index (χ1n) is 7.43. The highest BCUT2D eigenvalue weighted by atomic mass is 35.5. The Labute approximate surface area is 130 Å². The maximum Gasteiger partial charge on any atom is 0.136 e. The summed E-state index contributed by atoms with van der Waals surface area (Å²) >= 11 is 6.37. The molecule has 0 N–H and O–H groups in total. The largest absolute Gasteiger partial charge is 0.497 e. The van der Waals surface area contributed by atoms with Crippen molar-refractivity contribution in [2.24, 2.45) is 0 Å². The molecule has 0 fully saturated rings. The number of hydrogen-bond acceptors (Lipinski definition) is 3. The molecule has 1 aliphatic carbocycles. The summed E-state index contributed by atoms with van der Waals surface area (Å²) in [5.41, 5.74) is 3.44. The predicted molar refractivity (Wildman–Crippen MR) is 84.1 cm³/mol. The van der Waals surface area contributed by atoms with Crippen LogP contribution in [0.2, 0.25) is 5.15 Å². The fourth-order valence-corrected chi connectivity index (χ4v) is 3.12. The molecule has 0 saturated heterocycles. The molecule has 1 heterocycles. The number of aromatic nitrogens is 2. The van der Waals surface area contributed by atoms with Crippen molar-refractivity contribution in [1.82, 2.24) is 9.97 Å². The minimum Gasteiger partial charge on any atom is -0.497 e. The molecule has 21 heavy (non-hydrogen) atoms. The summed E-state index contributed by atoms with van der Waals surface area (Å²) in [4.78, 5) is 9.24. The van der Waals surface area contributed by atoms with Crippen LogP contribution in [-0.2, 0) is 19.3 Å². The highest BCUT2D eigenvalue weighted by molar-refractivity contribution is 6.30. The van der Waals surface area contributed by atoms with E-state index in [1.54, 1.807) is 7.11 Å². The number of nitrogens with zero attached hydrogens (tertiary/aromatic N) is 2. The molecular formula is C17H19ClN2O. The lowest BCUT2D eigenvalue weighted by molar-refractivity contribution is 0.414. The Morgan fingerprint density at radius 2 is 2.00 bits per heavy atom. The lowest BCUT2D eigenvalue weighted by Crippen LogP contribution is -2.05. The SMILES string of the molecule is COc1cccc(Cc2nc(Cl)c3c(n2)CCCCC3)c1. The average Bonchev–Trinajstić information content (AvgIpc) is 2.73. The molecule has 4 heteroatoms. The molecule has 0 spiro atoms. The first-order chi connectivity index (χ1) is 10.3. The standard InChI is InChI=1S/C17H19ClN2O/c1-21-13-7-5-6-12(10-13)11-16-19-15-9-4-2-3-8-14(15)17(18)20-16/h5-7,10H,2-4,8-9,11H2,1H3. The van der Waals surface area contributed by atoms with E-state index in [2.05, 4.69) is 11.1 Å². The van der Waals surface area contributed by atoms with Gasteiger partial charge in [0.05, 0.1) is 7.11 Å². The number of halogens is 1. The van der Waals surface area contributed by atoms with Crippen molar-refractivity contribution in [3.05, 3.63) is 52.1 Å². The van der Waals surface area contributed by atoms with Crippen LogP contribution in [-0.4, -0.2) is 17.1 Å². The molecule has 1 aromatic heterocycles. The molecular weight excluding hydrogens is 284 g/mol. The second-order valence-corrected chi connectivity index (χ2v) is 5.80. The van der Waals surface area contributed by atoms with Gasteiger partial charge in [0, 0.05) is 17.7 Å². The van der Waals surface area contributed by atoms with Gasteiger partial charge in [-0.25, -0.2) is 9.97 Å². The van der Waals surface area contributed by atoms with E-state index in [-0.39, 0.29) is 0 Å². The first kappa shape index (κ1) is 14.3. The predicted octanol–water partition coefficient (Wildman–Crippen LogP) is 4.00. The Balaban J connectivity index is 1.88. The van der Waals surface area contributed by atoms with Crippen LogP contribution < -0.4 is 4.74 Å². The van der Waals surface area contributed by atoms with Crippen molar-refractivity contribution >= 4 is 11.6 Å². The molecule has 3 rings (SSSR count). The van der Waals surface area contributed by atoms with Gasteiger partial charge in [0.2, 0.25) is 0 Å². The average molecular weight is 303 g/mol. The van der Waals surface area contributed by atoms with E-state index >= 15 is 0 Å². The van der Waals surface area contributed by atoms with Crippen LogP contribution in [0.1, 0.15) is 41.9 Å². The summed E-state index contributed by atoms with van der Waals surface area (Å²) < 4.78 is 5.26. The summed E-state index contributed by atoms with van der Waals surface area (Å²) in [5, 5.41) is 0.639. The minimum absolute atomic E-state index is 0.639. The second-order valence-electron chi connectivity index (χ2n) is 5.44. The molecule has 0 unspecified atom stereocenters. The third-order valence-corrected chi connectivity index (χ3v) is 4.24. The van der Waals surface area contributed by atoms with Crippen molar-refractivity contribution in [3.63, 3.8) is 0 Å². The van der Waals surface area contributed by atoms with Crippen LogP contribution in [0.15, 0.2) is 24.3 Å². The number of aryl methyl sites for hydroxylation is 1. The van der Waals surface area contributed by atoms with Gasteiger partial charge >= 0.3 is 0 Å². The van der Waals surface area contributed by atoms with Gasteiger partial charge in [0.1, 0.15) is 16.7 Å². The summed E-state index contributed by atoms with van der Waals surface area (Å²) in [7, 11) is 1.68. The Morgan fingerprint density at radius 1 is 1.14 bits per heavy atom. The molecule has 110 valence electrons. The van der Waals surface area contributed by atoms with Gasteiger partial charge < -0.3 is 4.74 Å². The quantitative estimate of drug-likeness (QED) is 0.635. The normalized spacial score (nSPS) is 14.4. The summed E-state index contributed by atoms with van der Waals surface area (Å²) in [6.45, 7) is 0. The van der Waals surface area contributed by atoms with Crippen molar-refractivity contribution in [3.8, 4) is 5.75 Å². The fourth-order valence-electron chi connectivity index (χ4n) is 2.82. The zero-order valence-electron chi connectivity index (χ0n) is 12.2. The van der Waals surface area contributed by atoms with Gasteiger partial charge in [0.25, 0.3) is 0 Å². The van der Waals surface area contributed by atoms with Gasteiger partial charge in [-0.2, -0.15) is 0 Å². The Kier molecular flexibility index (Phi) is 4.39. The van der Waals surface area contributed by atoms with Crippen LogP contribution in [0.4, 0.5) is 0 Å². The third-order valence-electron chi connectivity index (χ3n) is 3.93. The lowest BCUT2D eigenvalue weighted by atomic mass is 10.1. The first-order valence-corrected chi connectivity index (χ1v) is 7.81. The van der Waals surface area contributed by atoms with Crippen molar-refractivity contribution < 1.29 is 4.74 Å². The van der Waals surface area contributed by atoms with Gasteiger partial charge in [-0.05, 0) is 43.4 Å². The Hall–Kier alpha value is -1.61. The number of fused-ring (bicyclic) bond motifs is 1. The third kappa shape index (κ3) is 3.35. The number of benzene rings is 1. The van der Waals surface area contributed by atoms with Crippen LogP contribution in [0.5, 0.6) is 5.75 Å². The zero-order valence-corrected chi connectivity index (χ0v) is 13.0. The smallest absolute Gasteiger partial charge is 0.136 e. The van der Waals surface area contributed by atoms with Gasteiger partial charge in [-0.3, -0.25) is 0 Å². The molecule has 0 atom stereocenters. The molecule has 0 saturated carbocycles. The zero-order chi connectivity index (χ0) is 14.7. The van der Waals surface area contributed by atoms with Crippen molar-refractivity contribution in [1.29, 1.82) is 0 Å². The molecule has 1 aliphatic rings. The van der Waals surface area contributed by atoms with E-state index in [1.807, 2.05) is 18.2 Å². The fraction of sp³-hybridized carbons (Fsp3) is 0.412. The molecule has 2 aromatic rings. The molecule has 0 amide bonds. The number of rotatable bonds is 3. The minimum atomic E-state index is 0.639. The molecule has 0 bridgehead atoms. The topological polar surface area (TPSA) is 35.0 Å². The van der Waals surface area contributed by atoms with E-state index in [0.717, 1.165) is 41.2 Å². The van der Waals surface area contributed by atoms with E-state index < -0.39 is 0 Å². The van der Waals surface area contributed by atoms with Crippen LogP contribution >= 0.6 is 11.6 Å². The van der Waals surface area contributed by atoms with E-state index in [4.69, 9.17) is 21.3 Å². The van der Waals surface area contributed by atoms with Crippen molar-refractivity contribution in [2.75, 3.05) is 7.11 Å². The van der Waals surface area contributed by atoms with E-state index in [1.165, 1.54) is 19.3 Å². The molecule has 0 aliphatic heterocycles. The van der Waals surface area contributed by atoms with E-state index in [0.29, 0.717) is 11.6 Å². The lowest BCUT2D eigenvalue weighted by Gasteiger charge is -2.10. The van der Waals surface area contributed by atoms with Crippen LogP contribution in [0, 0.1) is 0 Å². The van der Waals surface area contributed by atoms with Crippen LogP contribution in [0.25, 0.3) is 0 Å². The molecule has 0 radical (unpaired) electrons. The van der Waals surface area contributed by atoms with Crippen molar-refractivity contribution in [2.45, 2.75) is 38.5 Å². The van der Waals surface area contributed by atoms with E-state index in [9.17, 15) is 0 Å². The number of ether oxygens (including phenoxy) is 1. The van der Waals surface area contributed by atoms with Gasteiger partial charge in [0.15, 0.2) is 0 Å². The maximum absolute atomic E-state index is 6.37. The summed E-state index contributed by atoms with van der Waals surface area (Å²) in [6, 6.07) is 8.00. The molecule has 3 nitrogen and oxygen atoms in total. The highest BCUT2D eigenvalue weighted by Gasteiger charge is 2.15. The number of methoxy groups -OCH3 is 1. The summed E-state index contributed by atoms with van der Waals surface area (Å²) in [6.07, 6.45) is 6.34. The Bertz CT molecular complexity index is 643. The Morgan fingerprint density at radius 3 is 2.86 bits per heavy atom. The highest BCUT2D eigenvalue weighted by Crippen LogP contribution is 2.25. The van der Waals surface area contributed by atoms with Gasteiger partial charge in [-0.1, -0.05) is 30.2 Å². The maximum atomic E-state index is 6.37. The van der Waals surface area contributed by atoms with Gasteiger partial charge in [-0.15, -0.1) is 0 Å². The number of hydrogen-bond donors (Lipinski definition) is 0.